The highest BCUT2D eigenvalue weighted by Gasteiger charge is 2.31. The lowest BCUT2D eigenvalue weighted by molar-refractivity contribution is 0.348. The van der Waals surface area contributed by atoms with Gasteiger partial charge in [0.1, 0.15) is 0 Å². The van der Waals surface area contributed by atoms with Crippen LogP contribution in [0.1, 0.15) is 26.2 Å². The van der Waals surface area contributed by atoms with Crippen LogP contribution in [0.25, 0.3) is 0 Å². The van der Waals surface area contributed by atoms with Crippen molar-refractivity contribution in [3.8, 4) is 6.07 Å². The van der Waals surface area contributed by atoms with E-state index in [2.05, 4.69) is 0 Å². The zero-order valence-corrected chi connectivity index (χ0v) is 10.00. The summed E-state index contributed by atoms with van der Waals surface area (Å²) in [5, 5.41) is 8.53. The first-order valence-electron chi connectivity index (χ1n) is 5.10. The Morgan fingerprint density at radius 2 is 2.00 bits per heavy atom. The van der Waals surface area contributed by atoms with E-state index in [9.17, 15) is 8.42 Å². The van der Waals surface area contributed by atoms with Crippen LogP contribution >= 0.6 is 0 Å². The van der Waals surface area contributed by atoms with E-state index in [4.69, 9.17) is 5.26 Å². The van der Waals surface area contributed by atoms with Gasteiger partial charge in [0, 0.05) is 26.2 Å². The fourth-order valence-corrected chi connectivity index (χ4v) is 3.20. The van der Waals surface area contributed by atoms with Crippen molar-refractivity contribution in [1.82, 2.24) is 8.61 Å². The molecule has 0 saturated carbocycles. The van der Waals surface area contributed by atoms with Crippen LogP contribution in [0.15, 0.2) is 0 Å². The van der Waals surface area contributed by atoms with Gasteiger partial charge in [0.05, 0.1) is 12.5 Å². The van der Waals surface area contributed by atoms with Gasteiger partial charge in [-0.2, -0.15) is 22.3 Å². The molecule has 0 amide bonds. The monoisotopic (exact) mass is 231 g/mol. The van der Waals surface area contributed by atoms with Gasteiger partial charge in [-0.25, -0.2) is 0 Å². The van der Waals surface area contributed by atoms with E-state index in [0.717, 1.165) is 12.8 Å². The molecule has 0 aromatic heterocycles. The summed E-state index contributed by atoms with van der Waals surface area (Å²) in [4.78, 5) is 0. The molecule has 86 valence electrons. The predicted octanol–water partition coefficient (Wildman–Crippen LogP) is 0.561. The first-order chi connectivity index (χ1) is 7.00. The van der Waals surface area contributed by atoms with Crippen molar-refractivity contribution in [3.63, 3.8) is 0 Å². The SMILES string of the molecule is CC(CC#N)N(C)S(=O)(=O)N1CCCC1. The molecule has 0 aliphatic carbocycles. The third kappa shape index (κ3) is 2.68. The minimum atomic E-state index is -3.34. The number of nitriles is 1. The molecule has 5 nitrogen and oxygen atoms in total. The quantitative estimate of drug-likeness (QED) is 0.710. The molecule has 0 N–H and O–H groups in total. The van der Waals surface area contributed by atoms with Crippen LogP contribution in [0, 0.1) is 11.3 Å². The summed E-state index contributed by atoms with van der Waals surface area (Å²) in [5.41, 5.74) is 0. The van der Waals surface area contributed by atoms with Crippen molar-refractivity contribution < 1.29 is 8.42 Å². The third-order valence-electron chi connectivity index (χ3n) is 2.76. The summed E-state index contributed by atoms with van der Waals surface area (Å²) in [6.45, 7) is 2.95. The van der Waals surface area contributed by atoms with Gasteiger partial charge in [0.2, 0.25) is 0 Å². The lowest BCUT2D eigenvalue weighted by atomic mass is 10.3. The summed E-state index contributed by atoms with van der Waals surface area (Å²) in [5.74, 6) is 0. The predicted molar refractivity (Wildman–Crippen MR) is 57.2 cm³/mol. The molecule has 1 atom stereocenters. The molecule has 0 aromatic rings. The van der Waals surface area contributed by atoms with Gasteiger partial charge >= 0.3 is 0 Å². The normalized spacial score (nSPS) is 20.4. The summed E-state index contributed by atoms with van der Waals surface area (Å²) >= 11 is 0. The fraction of sp³-hybridized carbons (Fsp3) is 0.889. The van der Waals surface area contributed by atoms with Gasteiger partial charge in [-0.15, -0.1) is 0 Å². The minimum absolute atomic E-state index is 0.226. The van der Waals surface area contributed by atoms with E-state index < -0.39 is 10.2 Å². The maximum atomic E-state index is 12.0. The zero-order valence-electron chi connectivity index (χ0n) is 9.18. The van der Waals surface area contributed by atoms with E-state index in [0.29, 0.717) is 13.1 Å². The Bertz CT molecular complexity index is 341. The van der Waals surface area contributed by atoms with Gasteiger partial charge < -0.3 is 0 Å². The van der Waals surface area contributed by atoms with Crippen molar-refractivity contribution in [1.29, 1.82) is 5.26 Å². The third-order valence-corrected chi connectivity index (χ3v) is 4.87. The zero-order chi connectivity index (χ0) is 11.5. The van der Waals surface area contributed by atoms with Crippen LogP contribution in [-0.4, -0.2) is 43.2 Å². The molecule has 0 bridgehead atoms. The van der Waals surface area contributed by atoms with Crippen LogP contribution in [0.4, 0.5) is 0 Å². The molecule has 1 fully saturated rings. The topological polar surface area (TPSA) is 64.4 Å². The molecular formula is C9H17N3O2S. The first kappa shape index (κ1) is 12.4. The molecular weight excluding hydrogens is 214 g/mol. The molecule has 0 radical (unpaired) electrons. The van der Waals surface area contributed by atoms with Crippen LogP contribution < -0.4 is 0 Å². The molecule has 0 aromatic carbocycles. The van der Waals surface area contributed by atoms with Crippen molar-refractivity contribution in [2.24, 2.45) is 0 Å². The Hall–Kier alpha value is -0.640. The highest BCUT2D eigenvalue weighted by atomic mass is 32.2. The Morgan fingerprint density at radius 1 is 1.47 bits per heavy atom. The summed E-state index contributed by atoms with van der Waals surface area (Å²) < 4.78 is 26.8. The maximum absolute atomic E-state index is 12.0. The van der Waals surface area contributed by atoms with E-state index in [1.807, 2.05) is 6.07 Å². The number of rotatable bonds is 4. The molecule has 6 heteroatoms. The van der Waals surface area contributed by atoms with Crippen molar-refractivity contribution >= 4 is 10.2 Å². The van der Waals surface area contributed by atoms with Crippen molar-refractivity contribution in [2.45, 2.75) is 32.2 Å². The van der Waals surface area contributed by atoms with Crippen LogP contribution in [0.5, 0.6) is 0 Å². The molecule has 1 aliphatic rings. The number of hydrogen-bond donors (Lipinski definition) is 0. The van der Waals surface area contributed by atoms with Crippen molar-refractivity contribution in [2.75, 3.05) is 20.1 Å². The van der Waals surface area contributed by atoms with Gasteiger partial charge in [0.15, 0.2) is 0 Å². The van der Waals surface area contributed by atoms with Crippen molar-refractivity contribution in [3.05, 3.63) is 0 Å². The lowest BCUT2D eigenvalue weighted by Crippen LogP contribution is -2.44. The standard InChI is InChI=1S/C9H17N3O2S/c1-9(5-6-10)11(2)15(13,14)12-7-3-4-8-12/h9H,3-5,7-8H2,1-2H3. The van der Waals surface area contributed by atoms with Crippen LogP contribution in [0.3, 0.4) is 0 Å². The highest BCUT2D eigenvalue weighted by molar-refractivity contribution is 7.86. The minimum Gasteiger partial charge on any atom is -0.198 e. The Labute approximate surface area is 91.5 Å². The van der Waals surface area contributed by atoms with Gasteiger partial charge in [-0.05, 0) is 19.8 Å². The molecule has 1 unspecified atom stereocenters. The van der Waals surface area contributed by atoms with Crippen LogP contribution in [-0.2, 0) is 10.2 Å². The Balaban J connectivity index is 2.72. The molecule has 1 rings (SSSR count). The van der Waals surface area contributed by atoms with E-state index >= 15 is 0 Å². The highest BCUT2D eigenvalue weighted by Crippen LogP contribution is 2.17. The van der Waals surface area contributed by atoms with E-state index in [1.165, 1.54) is 15.7 Å². The lowest BCUT2D eigenvalue weighted by Gasteiger charge is -2.27. The Kier molecular flexibility index (Phi) is 4.08. The summed E-state index contributed by atoms with van der Waals surface area (Å²) in [6.07, 6.45) is 2.09. The van der Waals surface area contributed by atoms with Gasteiger partial charge in [0.25, 0.3) is 10.2 Å². The van der Waals surface area contributed by atoms with Gasteiger partial charge in [-0.3, -0.25) is 0 Å². The molecule has 1 heterocycles. The number of nitrogens with zero attached hydrogens (tertiary/aromatic N) is 3. The smallest absolute Gasteiger partial charge is 0.198 e. The van der Waals surface area contributed by atoms with E-state index in [-0.39, 0.29) is 12.5 Å². The molecule has 0 spiro atoms. The largest absolute Gasteiger partial charge is 0.281 e. The van der Waals surface area contributed by atoms with E-state index in [1.54, 1.807) is 6.92 Å². The summed E-state index contributed by atoms with van der Waals surface area (Å²) in [6, 6.07) is 1.72. The van der Waals surface area contributed by atoms with Gasteiger partial charge in [-0.1, -0.05) is 0 Å². The second-order valence-corrected chi connectivity index (χ2v) is 5.83. The summed E-state index contributed by atoms with van der Waals surface area (Å²) in [7, 11) is -1.81. The fourth-order valence-electron chi connectivity index (χ4n) is 1.59. The second kappa shape index (κ2) is 4.92. The molecule has 15 heavy (non-hydrogen) atoms. The number of hydrogen-bond acceptors (Lipinski definition) is 3. The average molecular weight is 231 g/mol. The average Bonchev–Trinajstić information content (AvgIpc) is 2.70. The molecule has 1 aliphatic heterocycles. The first-order valence-corrected chi connectivity index (χ1v) is 6.50. The molecule has 1 saturated heterocycles. The second-order valence-electron chi connectivity index (χ2n) is 3.84. The Morgan fingerprint density at radius 3 is 2.47 bits per heavy atom. The maximum Gasteiger partial charge on any atom is 0.281 e. The van der Waals surface area contributed by atoms with Crippen LogP contribution in [0.2, 0.25) is 0 Å².